The maximum Gasteiger partial charge on any atom is 0.293 e. The maximum atomic E-state index is 12.4. The van der Waals surface area contributed by atoms with Gasteiger partial charge in [-0.15, -0.1) is 0 Å². The molecule has 8 nitrogen and oxygen atoms in total. The highest BCUT2D eigenvalue weighted by molar-refractivity contribution is 7.89. The van der Waals surface area contributed by atoms with Crippen LogP contribution in [0.25, 0.3) is 0 Å². The largest absolute Gasteiger partial charge is 0.393 e. The molecule has 1 saturated heterocycles. The van der Waals surface area contributed by atoms with E-state index in [2.05, 4.69) is 4.72 Å². The van der Waals surface area contributed by atoms with Gasteiger partial charge in [0.25, 0.3) is 5.69 Å². The summed E-state index contributed by atoms with van der Waals surface area (Å²) < 4.78 is 32.5. The second kappa shape index (κ2) is 5.96. The number of sulfonamides is 1. The van der Waals surface area contributed by atoms with Crippen LogP contribution in [-0.4, -0.2) is 32.6 Å². The van der Waals surface area contributed by atoms with Gasteiger partial charge >= 0.3 is 0 Å². The first kappa shape index (κ1) is 15.7. The second-order valence-corrected chi connectivity index (χ2v) is 6.65. The number of aryl methyl sites for hydroxylation is 1. The van der Waals surface area contributed by atoms with Crippen LogP contribution in [0.3, 0.4) is 0 Å². The Balaban J connectivity index is 2.34. The fourth-order valence-corrected chi connectivity index (χ4v) is 3.77. The number of hydrogen-bond donors (Lipinski definition) is 2. The van der Waals surface area contributed by atoms with E-state index in [1.165, 1.54) is 6.07 Å². The van der Waals surface area contributed by atoms with Gasteiger partial charge in [0.05, 0.1) is 16.4 Å². The minimum Gasteiger partial charge on any atom is -0.393 e. The molecule has 1 heterocycles. The zero-order valence-corrected chi connectivity index (χ0v) is 12.4. The van der Waals surface area contributed by atoms with Crippen LogP contribution in [0, 0.1) is 17.0 Å². The van der Waals surface area contributed by atoms with Crippen molar-refractivity contribution in [2.24, 2.45) is 0 Å². The molecule has 116 valence electrons. The standard InChI is InChI=1S/C12H17N3O5S/c1-8-5-10(13)11(15(16)17)6-12(8)21(18,19)14-9-3-2-4-20-7-9/h5-6,9,14H,2-4,7,13H2,1H3. The Morgan fingerprint density at radius 1 is 1.48 bits per heavy atom. The third-order valence-electron chi connectivity index (χ3n) is 3.29. The van der Waals surface area contributed by atoms with Crippen LogP contribution in [0.15, 0.2) is 17.0 Å². The minimum absolute atomic E-state index is 0.0579. The average Bonchev–Trinajstić information content (AvgIpc) is 2.38. The van der Waals surface area contributed by atoms with E-state index < -0.39 is 20.6 Å². The summed E-state index contributed by atoms with van der Waals surface area (Å²) in [6, 6.07) is 1.97. The van der Waals surface area contributed by atoms with Crippen LogP contribution >= 0.6 is 0 Å². The number of hydrogen-bond acceptors (Lipinski definition) is 6. The molecule has 0 spiro atoms. The lowest BCUT2D eigenvalue weighted by molar-refractivity contribution is -0.384. The number of anilines is 1. The summed E-state index contributed by atoms with van der Waals surface area (Å²) in [5.74, 6) is 0. The molecular formula is C12H17N3O5S. The van der Waals surface area contributed by atoms with Gasteiger partial charge in [-0.05, 0) is 31.4 Å². The third kappa shape index (κ3) is 3.49. The van der Waals surface area contributed by atoms with E-state index in [0.717, 1.165) is 12.5 Å². The van der Waals surface area contributed by atoms with Crippen molar-refractivity contribution in [2.45, 2.75) is 30.7 Å². The lowest BCUT2D eigenvalue weighted by Gasteiger charge is -2.23. The van der Waals surface area contributed by atoms with E-state index in [4.69, 9.17) is 10.5 Å². The molecule has 0 radical (unpaired) electrons. The number of nitrogens with two attached hydrogens (primary N) is 1. The van der Waals surface area contributed by atoms with Crippen LogP contribution in [0.2, 0.25) is 0 Å². The molecule has 1 unspecified atom stereocenters. The number of nitrogen functional groups attached to an aromatic ring is 1. The predicted octanol–water partition coefficient (Wildman–Crippen LogP) is 0.943. The molecular weight excluding hydrogens is 298 g/mol. The average molecular weight is 315 g/mol. The van der Waals surface area contributed by atoms with Crippen molar-refractivity contribution in [2.75, 3.05) is 18.9 Å². The van der Waals surface area contributed by atoms with E-state index in [9.17, 15) is 18.5 Å². The Bertz CT molecular complexity index is 653. The maximum absolute atomic E-state index is 12.4. The first-order valence-electron chi connectivity index (χ1n) is 6.46. The molecule has 1 fully saturated rings. The molecule has 0 aromatic heterocycles. The second-order valence-electron chi connectivity index (χ2n) is 4.97. The summed E-state index contributed by atoms with van der Waals surface area (Å²) in [6.07, 6.45) is 1.45. The molecule has 1 aromatic carbocycles. The van der Waals surface area contributed by atoms with Crippen LogP contribution in [0.5, 0.6) is 0 Å². The topological polar surface area (TPSA) is 125 Å². The highest BCUT2D eigenvalue weighted by atomic mass is 32.2. The lowest BCUT2D eigenvalue weighted by Crippen LogP contribution is -2.40. The molecule has 9 heteroatoms. The molecule has 0 saturated carbocycles. The number of benzene rings is 1. The van der Waals surface area contributed by atoms with Crippen LogP contribution in [0.1, 0.15) is 18.4 Å². The highest BCUT2D eigenvalue weighted by Crippen LogP contribution is 2.28. The zero-order chi connectivity index (χ0) is 15.6. The summed E-state index contributed by atoms with van der Waals surface area (Å²) in [5, 5.41) is 10.9. The Kier molecular flexibility index (Phi) is 4.45. The van der Waals surface area contributed by atoms with Gasteiger partial charge in [-0.3, -0.25) is 10.1 Å². The van der Waals surface area contributed by atoms with E-state index in [-0.39, 0.29) is 16.6 Å². The molecule has 1 aliphatic heterocycles. The van der Waals surface area contributed by atoms with Gasteiger partial charge in [-0.2, -0.15) is 0 Å². The van der Waals surface area contributed by atoms with Gasteiger partial charge < -0.3 is 10.5 Å². The van der Waals surface area contributed by atoms with Crippen LogP contribution in [-0.2, 0) is 14.8 Å². The van der Waals surface area contributed by atoms with Gasteiger partial charge in [0, 0.05) is 18.7 Å². The Hall–Kier alpha value is -1.71. The molecule has 3 N–H and O–H groups in total. The number of rotatable bonds is 4. The van der Waals surface area contributed by atoms with Crippen molar-refractivity contribution in [3.8, 4) is 0 Å². The van der Waals surface area contributed by atoms with E-state index in [0.29, 0.717) is 25.2 Å². The van der Waals surface area contributed by atoms with Gasteiger partial charge in [0.2, 0.25) is 10.0 Å². The Labute approximate surface area is 122 Å². The van der Waals surface area contributed by atoms with Crippen molar-refractivity contribution in [1.29, 1.82) is 0 Å². The van der Waals surface area contributed by atoms with Crippen molar-refractivity contribution < 1.29 is 18.1 Å². The van der Waals surface area contributed by atoms with Gasteiger partial charge in [-0.25, -0.2) is 13.1 Å². The molecule has 21 heavy (non-hydrogen) atoms. The summed E-state index contributed by atoms with van der Waals surface area (Å²) in [4.78, 5) is 10.1. The Morgan fingerprint density at radius 2 is 2.19 bits per heavy atom. The molecule has 0 bridgehead atoms. The van der Waals surface area contributed by atoms with Crippen molar-refractivity contribution in [3.63, 3.8) is 0 Å². The summed E-state index contributed by atoms with van der Waals surface area (Å²) in [6.45, 7) is 2.46. The third-order valence-corrected chi connectivity index (χ3v) is 4.96. The molecule has 0 amide bonds. The number of ether oxygens (including phenoxy) is 1. The smallest absolute Gasteiger partial charge is 0.293 e. The fourth-order valence-electron chi connectivity index (χ4n) is 2.26. The normalized spacial score (nSPS) is 19.4. The highest BCUT2D eigenvalue weighted by Gasteiger charge is 2.26. The summed E-state index contributed by atoms with van der Waals surface area (Å²) in [7, 11) is -3.85. The van der Waals surface area contributed by atoms with Gasteiger partial charge in [0.15, 0.2) is 0 Å². The molecule has 1 aliphatic rings. The summed E-state index contributed by atoms with van der Waals surface area (Å²) in [5.41, 5.74) is 5.43. The fraction of sp³-hybridized carbons (Fsp3) is 0.500. The molecule has 0 aliphatic carbocycles. The van der Waals surface area contributed by atoms with Crippen LogP contribution < -0.4 is 10.5 Å². The first-order valence-corrected chi connectivity index (χ1v) is 7.94. The quantitative estimate of drug-likeness (QED) is 0.484. The van der Waals surface area contributed by atoms with E-state index in [1.807, 2.05) is 0 Å². The number of nitrogens with one attached hydrogen (secondary N) is 1. The monoisotopic (exact) mass is 315 g/mol. The minimum atomic E-state index is -3.85. The molecule has 1 aromatic rings. The molecule has 1 atom stereocenters. The number of nitro benzene ring substituents is 1. The van der Waals surface area contributed by atoms with Crippen molar-refractivity contribution in [3.05, 3.63) is 27.8 Å². The number of nitrogens with zero attached hydrogens (tertiary/aromatic N) is 1. The SMILES string of the molecule is Cc1cc(N)c([N+](=O)[O-])cc1S(=O)(=O)NC1CCCOC1. The molecule has 2 rings (SSSR count). The van der Waals surface area contributed by atoms with E-state index >= 15 is 0 Å². The van der Waals surface area contributed by atoms with Crippen molar-refractivity contribution >= 4 is 21.4 Å². The first-order chi connectivity index (χ1) is 9.81. The van der Waals surface area contributed by atoms with Crippen LogP contribution in [0.4, 0.5) is 11.4 Å². The Morgan fingerprint density at radius 3 is 2.76 bits per heavy atom. The van der Waals surface area contributed by atoms with E-state index in [1.54, 1.807) is 6.92 Å². The van der Waals surface area contributed by atoms with Crippen molar-refractivity contribution in [1.82, 2.24) is 4.72 Å². The zero-order valence-electron chi connectivity index (χ0n) is 11.5. The summed E-state index contributed by atoms with van der Waals surface area (Å²) >= 11 is 0. The lowest BCUT2D eigenvalue weighted by atomic mass is 10.1. The van der Waals surface area contributed by atoms with Gasteiger partial charge in [-0.1, -0.05) is 0 Å². The predicted molar refractivity (Wildman–Crippen MR) is 76.4 cm³/mol. The number of nitro groups is 1. The van der Waals surface area contributed by atoms with Gasteiger partial charge in [0.1, 0.15) is 5.69 Å².